The van der Waals surface area contributed by atoms with E-state index in [1.165, 1.54) is 6.92 Å². The second-order valence-electron chi connectivity index (χ2n) is 6.25. The molecule has 0 aromatic carbocycles. The lowest BCUT2D eigenvalue weighted by molar-refractivity contribution is -0.142. The first-order valence-electron chi connectivity index (χ1n) is 7.73. The molecule has 21 heavy (non-hydrogen) atoms. The van der Waals surface area contributed by atoms with E-state index in [0.717, 1.165) is 25.9 Å². The van der Waals surface area contributed by atoms with Crippen LogP contribution in [-0.4, -0.2) is 47.4 Å². The Morgan fingerprint density at radius 1 is 1.10 bits per heavy atom. The molecule has 1 saturated carbocycles. The van der Waals surface area contributed by atoms with Crippen molar-refractivity contribution < 1.29 is 19.5 Å². The van der Waals surface area contributed by atoms with E-state index in [0.29, 0.717) is 31.7 Å². The molecule has 2 atom stereocenters. The molecule has 1 saturated heterocycles. The van der Waals surface area contributed by atoms with Crippen LogP contribution in [0.4, 0.5) is 0 Å². The normalized spacial score (nSPS) is 26.6. The average molecular weight is 296 g/mol. The topological polar surface area (TPSA) is 86.7 Å². The summed E-state index contributed by atoms with van der Waals surface area (Å²) in [5.41, 5.74) is 0. The first-order valence-corrected chi connectivity index (χ1v) is 7.73. The van der Waals surface area contributed by atoms with Gasteiger partial charge in [0.1, 0.15) is 0 Å². The highest BCUT2D eigenvalue weighted by Gasteiger charge is 2.36. The van der Waals surface area contributed by atoms with E-state index in [9.17, 15) is 14.4 Å². The van der Waals surface area contributed by atoms with Crippen molar-refractivity contribution in [1.29, 1.82) is 0 Å². The van der Waals surface area contributed by atoms with Crippen molar-refractivity contribution in [3.63, 3.8) is 0 Å². The van der Waals surface area contributed by atoms with E-state index < -0.39 is 5.97 Å². The van der Waals surface area contributed by atoms with Gasteiger partial charge in [-0.15, -0.1) is 0 Å². The number of carbonyl (C=O) groups is 3. The Labute approximate surface area is 124 Å². The molecule has 0 spiro atoms. The molecule has 6 heteroatoms. The number of amides is 2. The molecule has 0 radical (unpaired) electrons. The summed E-state index contributed by atoms with van der Waals surface area (Å²) in [5.74, 6) is -0.697. The largest absolute Gasteiger partial charge is 0.481 e. The Balaban J connectivity index is 1.76. The van der Waals surface area contributed by atoms with E-state index >= 15 is 0 Å². The molecule has 1 aliphatic carbocycles. The number of carboxylic acid groups (broad SMARTS) is 1. The van der Waals surface area contributed by atoms with Gasteiger partial charge in [-0.1, -0.05) is 0 Å². The summed E-state index contributed by atoms with van der Waals surface area (Å²) in [6, 6.07) is 0. The second-order valence-corrected chi connectivity index (χ2v) is 6.25. The number of carbonyl (C=O) groups excluding carboxylic acids is 2. The Morgan fingerprint density at radius 3 is 2.24 bits per heavy atom. The summed E-state index contributed by atoms with van der Waals surface area (Å²) in [7, 11) is 0. The predicted molar refractivity (Wildman–Crippen MR) is 76.5 cm³/mol. The Hall–Kier alpha value is -1.59. The Morgan fingerprint density at radius 2 is 1.71 bits per heavy atom. The third kappa shape index (κ3) is 4.19. The molecule has 0 aromatic rings. The molecule has 2 amide bonds. The van der Waals surface area contributed by atoms with Crippen LogP contribution < -0.4 is 5.32 Å². The summed E-state index contributed by atoms with van der Waals surface area (Å²) >= 11 is 0. The fourth-order valence-electron chi connectivity index (χ4n) is 3.33. The van der Waals surface area contributed by atoms with Gasteiger partial charge in [-0.05, 0) is 38.0 Å². The summed E-state index contributed by atoms with van der Waals surface area (Å²) in [6.07, 6.45) is 3.61. The van der Waals surface area contributed by atoms with E-state index in [1.54, 1.807) is 0 Å². The highest BCUT2D eigenvalue weighted by Crippen LogP contribution is 2.33. The smallest absolute Gasteiger partial charge is 0.306 e. The number of carboxylic acids is 1. The van der Waals surface area contributed by atoms with Crippen molar-refractivity contribution in [3.8, 4) is 0 Å². The van der Waals surface area contributed by atoms with Crippen LogP contribution in [0.25, 0.3) is 0 Å². The molecule has 0 bridgehead atoms. The van der Waals surface area contributed by atoms with Crippen molar-refractivity contribution in [1.82, 2.24) is 10.2 Å². The van der Waals surface area contributed by atoms with Gasteiger partial charge in [0, 0.05) is 32.5 Å². The summed E-state index contributed by atoms with van der Waals surface area (Å²) in [4.78, 5) is 36.1. The molecule has 118 valence electrons. The molecule has 2 aliphatic rings. The van der Waals surface area contributed by atoms with Gasteiger partial charge in [-0.2, -0.15) is 0 Å². The highest BCUT2D eigenvalue weighted by molar-refractivity contribution is 5.81. The van der Waals surface area contributed by atoms with Crippen LogP contribution in [-0.2, 0) is 14.4 Å². The van der Waals surface area contributed by atoms with Crippen LogP contribution >= 0.6 is 0 Å². The second kappa shape index (κ2) is 6.91. The van der Waals surface area contributed by atoms with Gasteiger partial charge >= 0.3 is 5.97 Å². The minimum absolute atomic E-state index is 0.0147. The molecule has 1 aliphatic heterocycles. The van der Waals surface area contributed by atoms with Crippen molar-refractivity contribution in [2.24, 2.45) is 17.8 Å². The van der Waals surface area contributed by atoms with Crippen LogP contribution in [0.1, 0.15) is 39.0 Å². The summed E-state index contributed by atoms with van der Waals surface area (Å²) < 4.78 is 0. The molecule has 2 unspecified atom stereocenters. The predicted octanol–water partition coefficient (Wildman–Crippen LogP) is 0.862. The molecular formula is C15H24N2O4. The fourth-order valence-corrected chi connectivity index (χ4v) is 3.33. The number of hydrogen-bond acceptors (Lipinski definition) is 3. The Kier molecular flexibility index (Phi) is 5.20. The minimum atomic E-state index is -0.778. The molecule has 0 aromatic heterocycles. The third-order valence-electron chi connectivity index (χ3n) is 4.70. The number of likely N-dealkylation sites (tertiary alicyclic amines) is 1. The van der Waals surface area contributed by atoms with Crippen molar-refractivity contribution in [3.05, 3.63) is 0 Å². The zero-order valence-corrected chi connectivity index (χ0v) is 12.5. The number of nitrogens with zero attached hydrogens (tertiary/aromatic N) is 1. The molecule has 6 nitrogen and oxygen atoms in total. The van der Waals surface area contributed by atoms with E-state index in [4.69, 9.17) is 5.11 Å². The van der Waals surface area contributed by atoms with Gasteiger partial charge in [0.25, 0.3) is 0 Å². The summed E-state index contributed by atoms with van der Waals surface area (Å²) in [5, 5.41) is 11.8. The van der Waals surface area contributed by atoms with E-state index in [-0.39, 0.29) is 23.7 Å². The average Bonchev–Trinajstić information content (AvgIpc) is 2.95. The highest BCUT2D eigenvalue weighted by atomic mass is 16.4. The zero-order chi connectivity index (χ0) is 15.4. The van der Waals surface area contributed by atoms with Crippen molar-refractivity contribution >= 4 is 17.8 Å². The molecule has 2 N–H and O–H groups in total. The van der Waals surface area contributed by atoms with Crippen molar-refractivity contribution in [2.45, 2.75) is 39.0 Å². The summed E-state index contributed by atoms with van der Waals surface area (Å²) in [6.45, 7) is 3.63. The number of piperidine rings is 1. The minimum Gasteiger partial charge on any atom is -0.481 e. The monoisotopic (exact) mass is 296 g/mol. The van der Waals surface area contributed by atoms with E-state index in [2.05, 4.69) is 5.32 Å². The lowest BCUT2D eigenvalue weighted by Gasteiger charge is -2.33. The Bertz CT molecular complexity index is 416. The first kappa shape index (κ1) is 15.8. The number of nitrogens with one attached hydrogen (secondary N) is 1. The lowest BCUT2D eigenvalue weighted by atomic mass is 9.95. The quantitative estimate of drug-likeness (QED) is 0.805. The van der Waals surface area contributed by atoms with Gasteiger partial charge in [0.2, 0.25) is 11.8 Å². The van der Waals surface area contributed by atoms with Gasteiger partial charge in [0.15, 0.2) is 0 Å². The van der Waals surface area contributed by atoms with Crippen LogP contribution in [0.15, 0.2) is 0 Å². The van der Waals surface area contributed by atoms with Crippen LogP contribution in [0.2, 0.25) is 0 Å². The maximum atomic E-state index is 12.4. The number of aliphatic carboxylic acids is 1. The van der Waals surface area contributed by atoms with Gasteiger partial charge in [0.05, 0.1) is 5.92 Å². The third-order valence-corrected chi connectivity index (χ3v) is 4.70. The SMILES string of the molecule is CC(=O)NCC1CCN(C(=O)C2CCC(C(=O)O)C2)CC1. The van der Waals surface area contributed by atoms with Crippen molar-refractivity contribution in [2.75, 3.05) is 19.6 Å². The zero-order valence-electron chi connectivity index (χ0n) is 12.5. The van der Waals surface area contributed by atoms with Gasteiger partial charge in [-0.3, -0.25) is 14.4 Å². The fraction of sp³-hybridized carbons (Fsp3) is 0.800. The van der Waals surface area contributed by atoms with Gasteiger partial charge in [-0.25, -0.2) is 0 Å². The van der Waals surface area contributed by atoms with E-state index in [1.807, 2.05) is 4.90 Å². The van der Waals surface area contributed by atoms with Crippen LogP contribution in [0.3, 0.4) is 0 Å². The first-order chi connectivity index (χ1) is 9.97. The lowest BCUT2D eigenvalue weighted by Crippen LogP contribution is -2.43. The number of rotatable bonds is 4. The maximum Gasteiger partial charge on any atom is 0.306 e. The maximum absolute atomic E-state index is 12.4. The van der Waals surface area contributed by atoms with Crippen LogP contribution in [0.5, 0.6) is 0 Å². The standard InChI is InChI=1S/C15H24N2O4/c1-10(18)16-9-11-4-6-17(7-5-11)14(19)12-2-3-13(8-12)15(20)21/h11-13H,2-9H2,1H3,(H,16,18)(H,20,21). The molecule has 2 fully saturated rings. The van der Waals surface area contributed by atoms with Gasteiger partial charge < -0.3 is 15.3 Å². The van der Waals surface area contributed by atoms with Crippen LogP contribution in [0, 0.1) is 17.8 Å². The molecule has 2 rings (SSSR count). The molecule has 1 heterocycles. The number of hydrogen-bond donors (Lipinski definition) is 2. The molecular weight excluding hydrogens is 272 g/mol.